The number of piperazine rings is 1. The molecule has 2 heterocycles. The molecule has 1 aromatic rings. The second-order valence-corrected chi connectivity index (χ2v) is 7.28. The molecular weight excluding hydrogens is 344 g/mol. The Balaban J connectivity index is 1.62. The Bertz CT molecular complexity index is 698. The van der Waals surface area contributed by atoms with Gasteiger partial charge in [-0.15, -0.1) is 0 Å². The molecule has 7 heteroatoms. The molecule has 2 amide bonds. The standard InChI is InChI=1S/C20H28N4O3/c1-22-10-4-6-17(15-22)20(26)24-13-11-23(12-14-24)18-7-3-2-5-16(18)8-9-19(25)21-27/h2-3,5,7-9,17,27H,4,6,10-15H2,1H3,(H,21,25)/b9-8+. The topological polar surface area (TPSA) is 76.1 Å². The van der Waals surface area contributed by atoms with Gasteiger partial charge in [-0.2, -0.15) is 0 Å². The van der Waals surface area contributed by atoms with Crippen LogP contribution in [-0.4, -0.2) is 73.1 Å². The first-order valence-corrected chi connectivity index (χ1v) is 9.52. The maximum atomic E-state index is 12.8. The summed E-state index contributed by atoms with van der Waals surface area (Å²) in [5.41, 5.74) is 3.54. The summed E-state index contributed by atoms with van der Waals surface area (Å²) in [5, 5.41) is 8.63. The summed E-state index contributed by atoms with van der Waals surface area (Å²) in [6.45, 7) is 4.91. The summed E-state index contributed by atoms with van der Waals surface area (Å²) in [6.07, 6.45) is 5.08. The first-order chi connectivity index (χ1) is 13.1. The average molecular weight is 372 g/mol. The zero-order valence-electron chi connectivity index (χ0n) is 15.8. The minimum Gasteiger partial charge on any atom is -0.367 e. The molecule has 2 N–H and O–H groups in total. The molecule has 27 heavy (non-hydrogen) atoms. The van der Waals surface area contributed by atoms with Gasteiger partial charge in [0.2, 0.25) is 5.91 Å². The van der Waals surface area contributed by atoms with Crippen molar-refractivity contribution in [1.29, 1.82) is 0 Å². The number of likely N-dealkylation sites (tertiary alicyclic amines) is 1. The van der Waals surface area contributed by atoms with Crippen molar-refractivity contribution in [3.05, 3.63) is 35.9 Å². The van der Waals surface area contributed by atoms with Crippen LogP contribution in [0.5, 0.6) is 0 Å². The van der Waals surface area contributed by atoms with Crippen LogP contribution in [0.15, 0.2) is 30.3 Å². The van der Waals surface area contributed by atoms with Gasteiger partial charge in [0.25, 0.3) is 5.91 Å². The molecule has 0 aliphatic carbocycles. The second kappa shape index (κ2) is 9.01. The Morgan fingerprint density at radius 3 is 2.59 bits per heavy atom. The van der Waals surface area contributed by atoms with Crippen molar-refractivity contribution in [3.63, 3.8) is 0 Å². The third-order valence-corrected chi connectivity index (χ3v) is 5.37. The first kappa shape index (κ1) is 19.4. The number of para-hydroxylation sites is 1. The third kappa shape index (κ3) is 4.87. The van der Waals surface area contributed by atoms with E-state index < -0.39 is 5.91 Å². The first-order valence-electron chi connectivity index (χ1n) is 9.52. The van der Waals surface area contributed by atoms with Crippen LogP contribution in [0.1, 0.15) is 18.4 Å². The van der Waals surface area contributed by atoms with Gasteiger partial charge in [0.15, 0.2) is 0 Å². The van der Waals surface area contributed by atoms with Crippen molar-refractivity contribution in [2.45, 2.75) is 12.8 Å². The molecule has 0 bridgehead atoms. The number of hydroxylamine groups is 1. The summed E-state index contributed by atoms with van der Waals surface area (Å²) in [4.78, 5) is 30.6. The van der Waals surface area contributed by atoms with Crippen molar-refractivity contribution in [1.82, 2.24) is 15.3 Å². The van der Waals surface area contributed by atoms with E-state index in [1.807, 2.05) is 29.2 Å². The average Bonchev–Trinajstić information content (AvgIpc) is 2.72. The van der Waals surface area contributed by atoms with Crippen LogP contribution in [-0.2, 0) is 9.59 Å². The van der Waals surface area contributed by atoms with Crippen LogP contribution < -0.4 is 10.4 Å². The molecule has 1 unspecified atom stereocenters. The molecule has 2 aliphatic heterocycles. The van der Waals surface area contributed by atoms with E-state index in [0.29, 0.717) is 13.1 Å². The van der Waals surface area contributed by atoms with Gasteiger partial charge in [0.05, 0.1) is 5.92 Å². The fourth-order valence-electron chi connectivity index (χ4n) is 3.91. The Labute approximate surface area is 160 Å². The number of rotatable bonds is 4. The molecule has 0 aromatic heterocycles. The molecule has 0 saturated carbocycles. The molecule has 1 aromatic carbocycles. The minimum atomic E-state index is -0.558. The Morgan fingerprint density at radius 1 is 1.15 bits per heavy atom. The molecule has 1 atom stereocenters. The monoisotopic (exact) mass is 372 g/mol. The minimum absolute atomic E-state index is 0.127. The van der Waals surface area contributed by atoms with Gasteiger partial charge in [-0.3, -0.25) is 14.8 Å². The fourth-order valence-corrected chi connectivity index (χ4v) is 3.91. The lowest BCUT2D eigenvalue weighted by Crippen LogP contribution is -2.52. The third-order valence-electron chi connectivity index (χ3n) is 5.37. The predicted octanol–water partition coefficient (Wildman–Crippen LogP) is 1.20. The molecular formula is C20H28N4O3. The highest BCUT2D eigenvalue weighted by atomic mass is 16.5. The highest BCUT2D eigenvalue weighted by Gasteiger charge is 2.30. The number of carbonyl (C=O) groups is 2. The van der Waals surface area contributed by atoms with Crippen LogP contribution in [0.3, 0.4) is 0 Å². The quantitative estimate of drug-likeness (QED) is 0.472. The van der Waals surface area contributed by atoms with Crippen LogP contribution in [0.4, 0.5) is 5.69 Å². The van der Waals surface area contributed by atoms with Gasteiger partial charge in [0, 0.05) is 44.5 Å². The number of anilines is 1. The fraction of sp³-hybridized carbons (Fsp3) is 0.500. The molecule has 2 saturated heterocycles. The zero-order chi connectivity index (χ0) is 19.2. The second-order valence-electron chi connectivity index (χ2n) is 7.28. The van der Waals surface area contributed by atoms with Crippen LogP contribution >= 0.6 is 0 Å². The lowest BCUT2D eigenvalue weighted by atomic mass is 9.96. The molecule has 0 radical (unpaired) electrons. The van der Waals surface area contributed by atoms with Gasteiger partial charge < -0.3 is 14.7 Å². The molecule has 2 aliphatic rings. The summed E-state index contributed by atoms with van der Waals surface area (Å²) < 4.78 is 0. The van der Waals surface area contributed by atoms with Gasteiger partial charge >= 0.3 is 0 Å². The number of nitrogens with zero attached hydrogens (tertiary/aromatic N) is 3. The van der Waals surface area contributed by atoms with E-state index in [1.165, 1.54) is 6.08 Å². The lowest BCUT2D eigenvalue weighted by molar-refractivity contribution is -0.137. The molecule has 0 spiro atoms. The normalized spacial score (nSPS) is 21.5. The lowest BCUT2D eigenvalue weighted by Gasteiger charge is -2.39. The zero-order valence-corrected chi connectivity index (χ0v) is 15.8. The number of carbonyl (C=O) groups excluding carboxylic acids is 2. The Hall–Kier alpha value is -2.38. The van der Waals surface area contributed by atoms with Crippen LogP contribution in [0.2, 0.25) is 0 Å². The van der Waals surface area contributed by atoms with Crippen molar-refractivity contribution in [3.8, 4) is 0 Å². The Morgan fingerprint density at radius 2 is 1.89 bits per heavy atom. The van der Waals surface area contributed by atoms with E-state index in [0.717, 1.165) is 50.3 Å². The van der Waals surface area contributed by atoms with E-state index in [9.17, 15) is 9.59 Å². The Kier molecular flexibility index (Phi) is 6.47. The van der Waals surface area contributed by atoms with E-state index in [4.69, 9.17) is 5.21 Å². The number of nitrogens with one attached hydrogen (secondary N) is 1. The number of piperidine rings is 1. The molecule has 2 fully saturated rings. The maximum absolute atomic E-state index is 12.8. The largest absolute Gasteiger partial charge is 0.367 e. The van der Waals surface area contributed by atoms with Crippen molar-refractivity contribution >= 4 is 23.6 Å². The molecule has 7 nitrogen and oxygen atoms in total. The van der Waals surface area contributed by atoms with E-state index in [-0.39, 0.29) is 11.8 Å². The van der Waals surface area contributed by atoms with E-state index in [2.05, 4.69) is 16.8 Å². The number of hydrogen-bond donors (Lipinski definition) is 2. The van der Waals surface area contributed by atoms with Gasteiger partial charge in [-0.1, -0.05) is 18.2 Å². The van der Waals surface area contributed by atoms with Crippen molar-refractivity contribution < 1.29 is 14.8 Å². The van der Waals surface area contributed by atoms with E-state index in [1.54, 1.807) is 11.6 Å². The number of hydrogen-bond acceptors (Lipinski definition) is 5. The van der Waals surface area contributed by atoms with Gasteiger partial charge in [-0.25, -0.2) is 5.48 Å². The van der Waals surface area contributed by atoms with Crippen LogP contribution in [0.25, 0.3) is 6.08 Å². The highest BCUT2D eigenvalue weighted by molar-refractivity contribution is 5.91. The van der Waals surface area contributed by atoms with Crippen molar-refractivity contribution in [2.24, 2.45) is 5.92 Å². The maximum Gasteiger partial charge on any atom is 0.267 e. The predicted molar refractivity (Wildman–Crippen MR) is 104 cm³/mol. The van der Waals surface area contributed by atoms with Gasteiger partial charge in [0.1, 0.15) is 0 Å². The number of amides is 2. The molecule has 3 rings (SSSR count). The molecule has 146 valence electrons. The van der Waals surface area contributed by atoms with E-state index >= 15 is 0 Å². The van der Waals surface area contributed by atoms with Crippen molar-refractivity contribution in [2.75, 3.05) is 51.2 Å². The van der Waals surface area contributed by atoms with Gasteiger partial charge in [-0.05, 0) is 44.1 Å². The summed E-state index contributed by atoms with van der Waals surface area (Å²) >= 11 is 0. The SMILES string of the molecule is CN1CCCC(C(=O)N2CCN(c3ccccc3/C=C/C(=O)NO)CC2)C1. The smallest absolute Gasteiger partial charge is 0.267 e. The summed E-state index contributed by atoms with van der Waals surface area (Å²) in [7, 11) is 2.08. The summed E-state index contributed by atoms with van der Waals surface area (Å²) in [5.74, 6) is -0.144. The summed E-state index contributed by atoms with van der Waals surface area (Å²) in [6, 6.07) is 7.84. The highest BCUT2D eigenvalue weighted by Crippen LogP contribution is 2.24. The van der Waals surface area contributed by atoms with Crippen LogP contribution in [0, 0.1) is 5.92 Å². The number of benzene rings is 1.